The molecular formula is C12H17NO3. The number of rotatable bonds is 6. The van der Waals surface area contributed by atoms with Crippen LogP contribution in [0.1, 0.15) is 12.5 Å². The fourth-order valence-corrected chi connectivity index (χ4v) is 1.37. The summed E-state index contributed by atoms with van der Waals surface area (Å²) >= 11 is 0. The molecule has 0 spiro atoms. The third-order valence-electron chi connectivity index (χ3n) is 2.06. The Morgan fingerprint density at radius 2 is 2.38 bits per heavy atom. The Labute approximate surface area is 95.5 Å². The highest BCUT2D eigenvalue weighted by Crippen LogP contribution is 2.06. The maximum Gasteiger partial charge on any atom is 0.334 e. The van der Waals surface area contributed by atoms with E-state index in [1.54, 1.807) is 19.5 Å². The van der Waals surface area contributed by atoms with Crippen molar-refractivity contribution in [1.29, 1.82) is 0 Å². The van der Waals surface area contributed by atoms with Crippen LogP contribution in [-0.2, 0) is 16.1 Å². The van der Waals surface area contributed by atoms with E-state index in [0.29, 0.717) is 18.7 Å². The van der Waals surface area contributed by atoms with Crippen molar-refractivity contribution in [3.05, 3.63) is 36.3 Å². The first kappa shape index (κ1) is 12.5. The Morgan fingerprint density at radius 3 is 2.94 bits per heavy atom. The van der Waals surface area contributed by atoms with E-state index >= 15 is 0 Å². The zero-order valence-corrected chi connectivity index (χ0v) is 9.73. The Balaban J connectivity index is 2.36. The van der Waals surface area contributed by atoms with Crippen LogP contribution in [0.25, 0.3) is 0 Å². The van der Waals surface area contributed by atoms with E-state index < -0.39 is 0 Å². The molecular weight excluding hydrogens is 206 g/mol. The summed E-state index contributed by atoms with van der Waals surface area (Å²) in [6.07, 6.45) is 3.31. The Kier molecular flexibility index (Phi) is 4.79. The number of hydrogen-bond acceptors (Lipinski definition) is 4. The van der Waals surface area contributed by atoms with Crippen molar-refractivity contribution in [2.45, 2.75) is 13.5 Å². The normalized spacial score (nSPS) is 10.4. The predicted molar refractivity (Wildman–Crippen MR) is 60.8 cm³/mol. The van der Waals surface area contributed by atoms with Crippen LogP contribution >= 0.6 is 0 Å². The topological polar surface area (TPSA) is 42.7 Å². The van der Waals surface area contributed by atoms with Crippen molar-refractivity contribution in [3.8, 4) is 0 Å². The van der Waals surface area contributed by atoms with Crippen molar-refractivity contribution >= 4 is 5.97 Å². The summed E-state index contributed by atoms with van der Waals surface area (Å²) in [5.41, 5.74) is 1.53. The summed E-state index contributed by atoms with van der Waals surface area (Å²) in [5, 5.41) is 0. The molecule has 0 aliphatic carbocycles. The minimum absolute atomic E-state index is 0.332. The molecule has 0 amide bonds. The highest BCUT2D eigenvalue weighted by atomic mass is 16.5. The van der Waals surface area contributed by atoms with Gasteiger partial charge < -0.3 is 9.15 Å². The number of carbonyl (C=O) groups is 1. The first-order valence-corrected chi connectivity index (χ1v) is 5.18. The van der Waals surface area contributed by atoms with Crippen molar-refractivity contribution in [3.63, 3.8) is 0 Å². The highest BCUT2D eigenvalue weighted by molar-refractivity contribution is 5.88. The van der Waals surface area contributed by atoms with Crippen molar-refractivity contribution in [2.24, 2.45) is 0 Å². The summed E-state index contributed by atoms with van der Waals surface area (Å²) in [6, 6.07) is 1.89. The average Bonchev–Trinajstić information content (AvgIpc) is 2.70. The van der Waals surface area contributed by atoms with Crippen molar-refractivity contribution < 1.29 is 13.9 Å². The molecule has 4 heteroatoms. The van der Waals surface area contributed by atoms with Gasteiger partial charge in [0, 0.05) is 24.2 Å². The molecule has 0 saturated carbocycles. The van der Waals surface area contributed by atoms with Gasteiger partial charge in [0.1, 0.15) is 0 Å². The van der Waals surface area contributed by atoms with Crippen LogP contribution in [0.3, 0.4) is 0 Å². The Bertz CT molecular complexity index is 343. The van der Waals surface area contributed by atoms with Crippen LogP contribution < -0.4 is 0 Å². The largest absolute Gasteiger partial charge is 0.472 e. The van der Waals surface area contributed by atoms with Crippen LogP contribution in [0.15, 0.2) is 35.2 Å². The van der Waals surface area contributed by atoms with Gasteiger partial charge >= 0.3 is 5.97 Å². The van der Waals surface area contributed by atoms with Gasteiger partial charge in [-0.2, -0.15) is 0 Å². The average molecular weight is 223 g/mol. The molecule has 1 aromatic heterocycles. The maximum atomic E-state index is 11.3. The van der Waals surface area contributed by atoms with E-state index in [1.807, 2.05) is 18.0 Å². The van der Waals surface area contributed by atoms with E-state index in [-0.39, 0.29) is 5.97 Å². The molecule has 1 aromatic rings. The summed E-state index contributed by atoms with van der Waals surface area (Å²) < 4.78 is 9.82. The molecule has 0 unspecified atom stereocenters. The fourth-order valence-electron chi connectivity index (χ4n) is 1.37. The van der Waals surface area contributed by atoms with Gasteiger partial charge in [0.2, 0.25) is 0 Å². The smallest absolute Gasteiger partial charge is 0.334 e. The zero-order valence-electron chi connectivity index (χ0n) is 9.73. The number of furan rings is 1. The molecule has 0 fully saturated rings. The number of esters is 1. The number of hydrogen-bond donors (Lipinski definition) is 0. The second kappa shape index (κ2) is 6.12. The van der Waals surface area contributed by atoms with Crippen LogP contribution in [0.4, 0.5) is 0 Å². The highest BCUT2D eigenvalue weighted by Gasteiger charge is 2.10. The van der Waals surface area contributed by atoms with E-state index in [1.165, 1.54) is 0 Å². The lowest BCUT2D eigenvalue weighted by atomic mass is 10.2. The van der Waals surface area contributed by atoms with E-state index in [0.717, 1.165) is 12.1 Å². The van der Waals surface area contributed by atoms with Gasteiger partial charge in [-0.05, 0) is 20.0 Å². The first-order valence-electron chi connectivity index (χ1n) is 5.18. The molecule has 1 rings (SSSR count). The molecule has 16 heavy (non-hydrogen) atoms. The SMILES string of the molecule is C=C(CN(C)Cc1ccoc1)C(=O)OCC. The molecule has 0 aromatic carbocycles. The number of nitrogens with zero attached hydrogens (tertiary/aromatic N) is 1. The molecule has 88 valence electrons. The molecule has 0 aliphatic heterocycles. The molecule has 4 nitrogen and oxygen atoms in total. The molecule has 0 atom stereocenters. The lowest BCUT2D eigenvalue weighted by Crippen LogP contribution is -2.24. The van der Waals surface area contributed by atoms with Crippen LogP contribution in [0.5, 0.6) is 0 Å². The number of ether oxygens (including phenoxy) is 1. The lowest BCUT2D eigenvalue weighted by Gasteiger charge is -2.16. The number of likely N-dealkylation sites (N-methyl/N-ethyl adjacent to an activating group) is 1. The lowest BCUT2D eigenvalue weighted by molar-refractivity contribution is -0.138. The van der Waals surface area contributed by atoms with E-state index in [2.05, 4.69) is 6.58 Å². The summed E-state index contributed by atoms with van der Waals surface area (Å²) in [6.45, 7) is 7.07. The summed E-state index contributed by atoms with van der Waals surface area (Å²) in [4.78, 5) is 13.3. The second-order valence-corrected chi connectivity index (χ2v) is 3.63. The van der Waals surface area contributed by atoms with Crippen molar-refractivity contribution in [1.82, 2.24) is 4.90 Å². The Morgan fingerprint density at radius 1 is 1.62 bits per heavy atom. The molecule has 0 bridgehead atoms. The second-order valence-electron chi connectivity index (χ2n) is 3.63. The maximum absolute atomic E-state index is 11.3. The van der Waals surface area contributed by atoms with Gasteiger partial charge in [-0.15, -0.1) is 0 Å². The number of carbonyl (C=O) groups excluding carboxylic acids is 1. The standard InChI is InChI=1S/C12H17NO3/c1-4-16-12(14)10(2)7-13(3)8-11-5-6-15-9-11/h5-6,9H,2,4,7-8H2,1,3H3. The summed E-state index contributed by atoms with van der Waals surface area (Å²) in [5.74, 6) is -0.332. The zero-order chi connectivity index (χ0) is 12.0. The van der Waals surface area contributed by atoms with Gasteiger partial charge in [-0.25, -0.2) is 4.79 Å². The van der Waals surface area contributed by atoms with E-state index in [9.17, 15) is 4.79 Å². The quantitative estimate of drug-likeness (QED) is 0.545. The minimum Gasteiger partial charge on any atom is -0.472 e. The molecule has 0 aliphatic rings. The van der Waals surface area contributed by atoms with Gasteiger partial charge in [0.15, 0.2) is 0 Å². The summed E-state index contributed by atoms with van der Waals surface area (Å²) in [7, 11) is 1.91. The molecule has 1 heterocycles. The first-order chi connectivity index (χ1) is 7.63. The van der Waals surface area contributed by atoms with Crippen LogP contribution in [0.2, 0.25) is 0 Å². The third-order valence-corrected chi connectivity index (χ3v) is 2.06. The van der Waals surface area contributed by atoms with Crippen LogP contribution in [-0.4, -0.2) is 31.1 Å². The molecule has 0 radical (unpaired) electrons. The Hall–Kier alpha value is -1.55. The van der Waals surface area contributed by atoms with Crippen molar-refractivity contribution in [2.75, 3.05) is 20.2 Å². The minimum atomic E-state index is -0.332. The molecule has 0 saturated heterocycles. The van der Waals surface area contributed by atoms with Gasteiger partial charge in [-0.3, -0.25) is 4.90 Å². The van der Waals surface area contributed by atoms with Gasteiger partial charge in [-0.1, -0.05) is 6.58 Å². The predicted octanol–water partition coefficient (Wildman–Crippen LogP) is 1.83. The molecule has 0 N–H and O–H groups in total. The van der Waals surface area contributed by atoms with Gasteiger partial charge in [0.25, 0.3) is 0 Å². The van der Waals surface area contributed by atoms with Crippen LogP contribution in [0, 0.1) is 0 Å². The van der Waals surface area contributed by atoms with Gasteiger partial charge in [0.05, 0.1) is 19.1 Å². The van der Waals surface area contributed by atoms with E-state index in [4.69, 9.17) is 9.15 Å². The fraction of sp³-hybridized carbons (Fsp3) is 0.417. The monoisotopic (exact) mass is 223 g/mol. The third kappa shape index (κ3) is 3.90.